The highest BCUT2D eigenvalue weighted by molar-refractivity contribution is 5.53. The predicted octanol–water partition coefficient (Wildman–Crippen LogP) is 1.70. The van der Waals surface area contributed by atoms with Crippen LogP contribution in [0.2, 0.25) is 0 Å². The highest BCUT2D eigenvalue weighted by Crippen LogP contribution is 2.17. The molecule has 4 nitrogen and oxygen atoms in total. The molecule has 1 unspecified atom stereocenters. The number of rotatable bonds is 3. The number of hydrogen-bond donors (Lipinski definition) is 0. The fourth-order valence-corrected chi connectivity index (χ4v) is 2.14. The zero-order valence-electron chi connectivity index (χ0n) is 9.90. The van der Waals surface area contributed by atoms with Crippen LogP contribution in [0.25, 0.3) is 0 Å². The summed E-state index contributed by atoms with van der Waals surface area (Å²) in [7, 11) is 0. The number of aryl methyl sites for hydroxylation is 2. The standard InChI is InChI=1S/C12H18N2O2/c1-9-10(2)16-12(13-9)7-14-5-3-4-11(6-14)8-15/h8,11H,3-7H2,1-2H3. The fourth-order valence-electron chi connectivity index (χ4n) is 2.14. The fraction of sp³-hybridized carbons (Fsp3) is 0.667. The van der Waals surface area contributed by atoms with Crippen LogP contribution in [0.3, 0.4) is 0 Å². The minimum atomic E-state index is 0.186. The van der Waals surface area contributed by atoms with Gasteiger partial charge in [0.25, 0.3) is 0 Å². The number of carbonyl (C=O) groups is 1. The Hall–Kier alpha value is -1.16. The summed E-state index contributed by atoms with van der Waals surface area (Å²) in [5, 5.41) is 0. The molecular formula is C12H18N2O2. The smallest absolute Gasteiger partial charge is 0.208 e. The molecular weight excluding hydrogens is 204 g/mol. The van der Waals surface area contributed by atoms with Crippen molar-refractivity contribution in [1.29, 1.82) is 0 Å². The SMILES string of the molecule is Cc1nc(CN2CCCC(C=O)C2)oc1C. The number of carbonyl (C=O) groups excluding carboxylic acids is 1. The zero-order chi connectivity index (χ0) is 11.5. The van der Waals surface area contributed by atoms with Gasteiger partial charge in [-0.2, -0.15) is 0 Å². The average molecular weight is 222 g/mol. The van der Waals surface area contributed by atoms with Crippen LogP contribution in [0, 0.1) is 19.8 Å². The second-order valence-electron chi connectivity index (χ2n) is 4.52. The molecule has 2 heterocycles. The van der Waals surface area contributed by atoms with E-state index in [1.807, 2.05) is 13.8 Å². The van der Waals surface area contributed by atoms with Gasteiger partial charge in [-0.05, 0) is 33.2 Å². The van der Waals surface area contributed by atoms with E-state index in [2.05, 4.69) is 9.88 Å². The molecule has 16 heavy (non-hydrogen) atoms. The highest BCUT2D eigenvalue weighted by atomic mass is 16.4. The summed E-state index contributed by atoms with van der Waals surface area (Å²) in [6.45, 7) is 6.47. The van der Waals surface area contributed by atoms with Crippen molar-refractivity contribution >= 4 is 6.29 Å². The van der Waals surface area contributed by atoms with E-state index in [1.54, 1.807) is 0 Å². The molecule has 0 aromatic carbocycles. The molecule has 1 saturated heterocycles. The van der Waals surface area contributed by atoms with Gasteiger partial charge in [0, 0.05) is 12.5 Å². The van der Waals surface area contributed by atoms with Crippen LogP contribution >= 0.6 is 0 Å². The Morgan fingerprint density at radius 2 is 2.38 bits per heavy atom. The average Bonchev–Trinajstić information content (AvgIpc) is 2.58. The highest BCUT2D eigenvalue weighted by Gasteiger charge is 2.20. The third-order valence-corrected chi connectivity index (χ3v) is 3.17. The topological polar surface area (TPSA) is 46.3 Å². The summed E-state index contributed by atoms with van der Waals surface area (Å²) in [5.41, 5.74) is 0.957. The maximum absolute atomic E-state index is 10.8. The molecule has 1 aromatic rings. The number of aldehydes is 1. The van der Waals surface area contributed by atoms with Crippen molar-refractivity contribution in [2.24, 2.45) is 5.92 Å². The molecule has 1 aliphatic rings. The predicted molar refractivity (Wildman–Crippen MR) is 60.0 cm³/mol. The monoisotopic (exact) mass is 222 g/mol. The van der Waals surface area contributed by atoms with Crippen LogP contribution in [0.1, 0.15) is 30.2 Å². The van der Waals surface area contributed by atoms with E-state index in [0.29, 0.717) is 0 Å². The molecule has 1 aliphatic heterocycles. The molecule has 1 fully saturated rings. The Morgan fingerprint density at radius 1 is 1.56 bits per heavy atom. The molecule has 1 atom stereocenters. The van der Waals surface area contributed by atoms with Gasteiger partial charge < -0.3 is 9.21 Å². The summed E-state index contributed by atoms with van der Waals surface area (Å²) in [5.74, 6) is 1.84. The lowest BCUT2D eigenvalue weighted by Crippen LogP contribution is -2.35. The first-order chi connectivity index (χ1) is 7.69. The van der Waals surface area contributed by atoms with E-state index >= 15 is 0 Å². The molecule has 0 N–H and O–H groups in total. The maximum Gasteiger partial charge on any atom is 0.208 e. The zero-order valence-corrected chi connectivity index (χ0v) is 9.90. The van der Waals surface area contributed by atoms with Crippen LogP contribution in [0.4, 0.5) is 0 Å². The second-order valence-corrected chi connectivity index (χ2v) is 4.52. The van der Waals surface area contributed by atoms with Gasteiger partial charge in [-0.15, -0.1) is 0 Å². The molecule has 0 amide bonds. The van der Waals surface area contributed by atoms with Gasteiger partial charge in [-0.25, -0.2) is 4.98 Å². The van der Waals surface area contributed by atoms with Gasteiger partial charge >= 0.3 is 0 Å². The molecule has 0 saturated carbocycles. The molecule has 0 bridgehead atoms. The number of oxazole rings is 1. The molecule has 1 aromatic heterocycles. The van der Waals surface area contributed by atoms with Crippen LogP contribution in [-0.2, 0) is 11.3 Å². The Labute approximate surface area is 95.6 Å². The van der Waals surface area contributed by atoms with Crippen molar-refractivity contribution in [3.8, 4) is 0 Å². The van der Waals surface area contributed by atoms with Gasteiger partial charge in [-0.1, -0.05) is 0 Å². The summed E-state index contributed by atoms with van der Waals surface area (Å²) < 4.78 is 5.54. The lowest BCUT2D eigenvalue weighted by Gasteiger charge is -2.28. The maximum atomic E-state index is 10.8. The lowest BCUT2D eigenvalue weighted by atomic mass is 10.00. The first-order valence-corrected chi connectivity index (χ1v) is 5.79. The molecule has 0 spiro atoms. The van der Waals surface area contributed by atoms with E-state index in [0.717, 1.165) is 56.1 Å². The molecule has 2 rings (SSSR count). The van der Waals surface area contributed by atoms with Crippen molar-refractivity contribution in [2.45, 2.75) is 33.2 Å². The summed E-state index contributed by atoms with van der Waals surface area (Å²) in [6, 6.07) is 0. The quantitative estimate of drug-likeness (QED) is 0.730. The molecule has 88 valence electrons. The minimum Gasteiger partial charge on any atom is -0.444 e. The summed E-state index contributed by atoms with van der Waals surface area (Å²) >= 11 is 0. The van der Waals surface area contributed by atoms with Crippen molar-refractivity contribution < 1.29 is 9.21 Å². The third kappa shape index (κ3) is 2.50. The Morgan fingerprint density at radius 3 is 3.00 bits per heavy atom. The van der Waals surface area contributed by atoms with Crippen molar-refractivity contribution in [2.75, 3.05) is 13.1 Å². The first-order valence-electron chi connectivity index (χ1n) is 5.79. The molecule has 0 aliphatic carbocycles. The van der Waals surface area contributed by atoms with Gasteiger partial charge in [-0.3, -0.25) is 4.90 Å². The number of likely N-dealkylation sites (tertiary alicyclic amines) is 1. The number of nitrogens with zero attached hydrogens (tertiary/aromatic N) is 2. The summed E-state index contributed by atoms with van der Waals surface area (Å²) in [4.78, 5) is 17.4. The van der Waals surface area contributed by atoms with E-state index < -0.39 is 0 Å². The Kier molecular flexibility index (Phi) is 3.39. The first kappa shape index (κ1) is 11.3. The van der Waals surface area contributed by atoms with E-state index in [4.69, 9.17) is 4.42 Å². The van der Waals surface area contributed by atoms with Crippen LogP contribution < -0.4 is 0 Å². The van der Waals surface area contributed by atoms with Gasteiger partial charge in [0.05, 0.1) is 12.2 Å². The Bertz CT molecular complexity index is 354. The van der Waals surface area contributed by atoms with Crippen molar-refractivity contribution in [3.05, 3.63) is 17.3 Å². The van der Waals surface area contributed by atoms with Crippen molar-refractivity contribution in [3.63, 3.8) is 0 Å². The van der Waals surface area contributed by atoms with Gasteiger partial charge in [0.1, 0.15) is 12.0 Å². The van der Waals surface area contributed by atoms with E-state index in [-0.39, 0.29) is 5.92 Å². The normalized spacial score (nSPS) is 22.2. The summed E-state index contributed by atoms with van der Waals surface area (Å²) in [6.07, 6.45) is 3.17. The van der Waals surface area contributed by atoms with Gasteiger partial charge in [0.15, 0.2) is 0 Å². The van der Waals surface area contributed by atoms with Gasteiger partial charge in [0.2, 0.25) is 5.89 Å². The Balaban J connectivity index is 1.96. The molecule has 0 radical (unpaired) electrons. The number of aromatic nitrogens is 1. The van der Waals surface area contributed by atoms with Crippen LogP contribution in [0.5, 0.6) is 0 Å². The molecule has 4 heteroatoms. The third-order valence-electron chi connectivity index (χ3n) is 3.17. The number of piperidine rings is 1. The van der Waals surface area contributed by atoms with Crippen LogP contribution in [0.15, 0.2) is 4.42 Å². The minimum absolute atomic E-state index is 0.186. The largest absolute Gasteiger partial charge is 0.444 e. The van der Waals surface area contributed by atoms with Crippen molar-refractivity contribution in [1.82, 2.24) is 9.88 Å². The number of hydrogen-bond acceptors (Lipinski definition) is 4. The second kappa shape index (κ2) is 4.78. The lowest BCUT2D eigenvalue weighted by molar-refractivity contribution is -0.112. The van der Waals surface area contributed by atoms with Crippen LogP contribution in [-0.4, -0.2) is 29.3 Å². The van der Waals surface area contributed by atoms with E-state index in [9.17, 15) is 4.79 Å². The van der Waals surface area contributed by atoms with E-state index in [1.165, 1.54) is 0 Å².